The number of ether oxygens (including phenoxy) is 1. The predicted molar refractivity (Wildman–Crippen MR) is 56.5 cm³/mol. The van der Waals surface area contributed by atoms with Gasteiger partial charge in [0, 0.05) is 10.6 Å². The van der Waals surface area contributed by atoms with E-state index in [0.717, 1.165) is 0 Å². The highest BCUT2D eigenvalue weighted by Crippen LogP contribution is 2.24. The Morgan fingerprint density at radius 1 is 1.69 bits per heavy atom. The minimum atomic E-state index is -1.18. The molecule has 1 N–H and O–H groups in total. The molecule has 0 unspecified atom stereocenters. The lowest BCUT2D eigenvalue weighted by molar-refractivity contribution is 0.0693. The second-order valence-corrected chi connectivity index (χ2v) is 2.67. The van der Waals surface area contributed by atoms with Crippen molar-refractivity contribution < 1.29 is 14.6 Å². The third-order valence-corrected chi connectivity index (χ3v) is 1.66. The average molecular weight is 217 g/mol. The zero-order valence-corrected chi connectivity index (χ0v) is 8.12. The number of hydrogen-bond donors (Lipinski definition) is 1. The Morgan fingerprint density at radius 3 is 3.00 bits per heavy atom. The highest BCUT2D eigenvalue weighted by molar-refractivity contribution is 5.92. The molecule has 80 valence electrons. The van der Waals surface area contributed by atoms with Gasteiger partial charge in [0.25, 0.3) is 0 Å². The van der Waals surface area contributed by atoms with Crippen LogP contribution in [0.2, 0.25) is 0 Å². The smallest absolute Gasteiger partial charge is 0.339 e. The molecule has 0 aliphatic rings. The van der Waals surface area contributed by atoms with E-state index < -0.39 is 5.97 Å². The number of azide groups is 1. The van der Waals surface area contributed by atoms with Crippen molar-refractivity contribution in [3.05, 3.63) is 34.2 Å². The van der Waals surface area contributed by atoms with Gasteiger partial charge in [0.1, 0.15) is 17.9 Å². The lowest BCUT2D eigenvalue weighted by Crippen LogP contribution is -2.02. The number of aromatic carboxylic acids is 1. The number of terminal acetylenes is 1. The van der Waals surface area contributed by atoms with Gasteiger partial charge in [-0.05, 0) is 23.7 Å². The lowest BCUT2D eigenvalue weighted by Gasteiger charge is -2.06. The lowest BCUT2D eigenvalue weighted by atomic mass is 10.2. The van der Waals surface area contributed by atoms with Crippen molar-refractivity contribution in [1.29, 1.82) is 0 Å². The largest absolute Gasteiger partial charge is 0.480 e. The van der Waals surface area contributed by atoms with Gasteiger partial charge in [0.2, 0.25) is 0 Å². The normalized spacial score (nSPS) is 8.69. The maximum Gasteiger partial charge on any atom is 0.339 e. The molecule has 0 fully saturated rings. The molecule has 0 bridgehead atoms. The quantitative estimate of drug-likeness (QED) is 0.363. The number of rotatable bonds is 4. The Labute approximate surface area is 91.1 Å². The first-order valence-corrected chi connectivity index (χ1v) is 4.17. The third-order valence-electron chi connectivity index (χ3n) is 1.66. The van der Waals surface area contributed by atoms with E-state index in [-0.39, 0.29) is 23.6 Å². The Kier molecular flexibility index (Phi) is 3.78. The minimum absolute atomic E-state index is 0.0266. The summed E-state index contributed by atoms with van der Waals surface area (Å²) in [6, 6.07) is 4.05. The Morgan fingerprint density at radius 2 is 2.44 bits per heavy atom. The van der Waals surface area contributed by atoms with Crippen LogP contribution in [0.3, 0.4) is 0 Å². The Balaban J connectivity index is 3.14. The van der Waals surface area contributed by atoms with Crippen LogP contribution < -0.4 is 4.74 Å². The maximum atomic E-state index is 10.9. The van der Waals surface area contributed by atoms with Gasteiger partial charge >= 0.3 is 5.97 Å². The van der Waals surface area contributed by atoms with E-state index in [2.05, 4.69) is 15.9 Å². The maximum absolute atomic E-state index is 10.9. The van der Waals surface area contributed by atoms with E-state index in [1.807, 2.05) is 0 Å². The Hall–Kier alpha value is -2.64. The van der Waals surface area contributed by atoms with Crippen molar-refractivity contribution in [2.75, 3.05) is 6.61 Å². The molecule has 0 atom stereocenters. The minimum Gasteiger partial charge on any atom is -0.480 e. The molecule has 0 saturated heterocycles. The molecule has 1 rings (SSSR count). The summed E-state index contributed by atoms with van der Waals surface area (Å²) >= 11 is 0. The fraction of sp³-hybridized carbons (Fsp3) is 0.100. The molecule has 0 saturated carbocycles. The number of carboxylic acid groups (broad SMARTS) is 1. The van der Waals surface area contributed by atoms with Crippen LogP contribution in [0.4, 0.5) is 5.69 Å². The van der Waals surface area contributed by atoms with Crippen molar-refractivity contribution in [3.63, 3.8) is 0 Å². The molecule has 6 nitrogen and oxygen atoms in total. The molecule has 0 spiro atoms. The van der Waals surface area contributed by atoms with Gasteiger partial charge in [-0.3, -0.25) is 0 Å². The van der Waals surface area contributed by atoms with Crippen LogP contribution in [0.25, 0.3) is 10.4 Å². The molecule has 1 aromatic rings. The first-order valence-electron chi connectivity index (χ1n) is 4.17. The van der Waals surface area contributed by atoms with Crippen LogP contribution in [0.1, 0.15) is 10.4 Å². The van der Waals surface area contributed by atoms with Gasteiger partial charge in [0.05, 0.1) is 0 Å². The van der Waals surface area contributed by atoms with Crippen LogP contribution in [-0.4, -0.2) is 17.7 Å². The highest BCUT2D eigenvalue weighted by atomic mass is 16.5. The second-order valence-electron chi connectivity index (χ2n) is 2.67. The topological polar surface area (TPSA) is 95.3 Å². The molecule has 1 aromatic carbocycles. The van der Waals surface area contributed by atoms with Crippen LogP contribution in [0.5, 0.6) is 5.75 Å². The van der Waals surface area contributed by atoms with Crippen molar-refractivity contribution in [3.8, 4) is 18.1 Å². The van der Waals surface area contributed by atoms with Crippen molar-refractivity contribution in [2.45, 2.75) is 0 Å². The summed E-state index contributed by atoms with van der Waals surface area (Å²) < 4.78 is 5.03. The SMILES string of the molecule is C#CCOc1ccc(N=[N+]=[N-])cc1C(=O)O. The molecular weight excluding hydrogens is 210 g/mol. The van der Waals surface area contributed by atoms with E-state index in [1.54, 1.807) is 0 Å². The van der Waals surface area contributed by atoms with Crippen molar-refractivity contribution >= 4 is 11.7 Å². The number of carbonyl (C=O) groups is 1. The number of nitrogens with zero attached hydrogens (tertiary/aromatic N) is 3. The van der Waals surface area contributed by atoms with E-state index in [9.17, 15) is 4.79 Å². The summed E-state index contributed by atoms with van der Waals surface area (Å²) in [7, 11) is 0. The molecule has 0 aliphatic carbocycles. The number of benzene rings is 1. The summed E-state index contributed by atoms with van der Waals surface area (Å²) in [6.07, 6.45) is 4.99. The van der Waals surface area contributed by atoms with Crippen LogP contribution in [0, 0.1) is 12.3 Å². The van der Waals surface area contributed by atoms with E-state index in [1.165, 1.54) is 18.2 Å². The van der Waals surface area contributed by atoms with E-state index >= 15 is 0 Å². The monoisotopic (exact) mass is 217 g/mol. The molecule has 0 amide bonds. The zero-order chi connectivity index (χ0) is 12.0. The van der Waals surface area contributed by atoms with Gasteiger partial charge in [-0.2, -0.15) is 0 Å². The van der Waals surface area contributed by atoms with E-state index in [0.29, 0.717) is 0 Å². The second kappa shape index (κ2) is 5.29. The Bertz CT molecular complexity index is 499. The van der Waals surface area contributed by atoms with Gasteiger partial charge in [-0.15, -0.1) is 6.42 Å². The summed E-state index contributed by atoms with van der Waals surface area (Å²) in [5.41, 5.74) is 8.32. The first-order chi connectivity index (χ1) is 7.69. The third kappa shape index (κ3) is 2.67. The zero-order valence-electron chi connectivity index (χ0n) is 8.12. The standard InChI is InChI=1S/C10H7N3O3/c1-2-5-16-9-4-3-7(12-13-11)6-8(9)10(14)15/h1,3-4,6H,5H2,(H,14,15). The summed E-state index contributed by atoms with van der Waals surface area (Å²) in [5, 5.41) is 12.2. The highest BCUT2D eigenvalue weighted by Gasteiger charge is 2.11. The summed E-state index contributed by atoms with van der Waals surface area (Å²) in [6.45, 7) is -0.0266. The van der Waals surface area contributed by atoms with Gasteiger partial charge in [-0.1, -0.05) is 11.0 Å². The van der Waals surface area contributed by atoms with Crippen molar-refractivity contribution in [1.82, 2.24) is 0 Å². The molecule has 0 heterocycles. The average Bonchev–Trinajstić information content (AvgIpc) is 2.27. The molecule has 16 heavy (non-hydrogen) atoms. The van der Waals surface area contributed by atoms with Crippen LogP contribution >= 0.6 is 0 Å². The molecule has 6 heteroatoms. The number of carboxylic acids is 1. The van der Waals surface area contributed by atoms with Gasteiger partial charge in [0.15, 0.2) is 0 Å². The van der Waals surface area contributed by atoms with E-state index in [4.69, 9.17) is 21.8 Å². The van der Waals surface area contributed by atoms with Gasteiger partial charge in [-0.25, -0.2) is 4.79 Å². The fourth-order valence-corrected chi connectivity index (χ4v) is 1.04. The fourth-order valence-electron chi connectivity index (χ4n) is 1.04. The summed E-state index contributed by atoms with van der Waals surface area (Å²) in [5.74, 6) is 1.19. The van der Waals surface area contributed by atoms with Crippen molar-refractivity contribution in [2.24, 2.45) is 5.11 Å². The predicted octanol–water partition coefficient (Wildman–Crippen LogP) is 2.34. The van der Waals surface area contributed by atoms with Crippen LogP contribution in [0.15, 0.2) is 23.3 Å². The number of hydrogen-bond acceptors (Lipinski definition) is 3. The molecule has 0 aliphatic heterocycles. The molecule has 0 radical (unpaired) electrons. The molecule has 0 aromatic heterocycles. The first kappa shape index (κ1) is 11.4. The van der Waals surface area contributed by atoms with Crippen LogP contribution in [-0.2, 0) is 0 Å². The summed E-state index contributed by atoms with van der Waals surface area (Å²) in [4.78, 5) is 13.4. The molecular formula is C10H7N3O3. The van der Waals surface area contributed by atoms with Gasteiger partial charge < -0.3 is 9.84 Å².